The van der Waals surface area contributed by atoms with Gasteiger partial charge >= 0.3 is 11.9 Å². The fraction of sp³-hybridized carbons (Fsp3) is 0.333. The molecule has 1 fully saturated rings. The van der Waals surface area contributed by atoms with Gasteiger partial charge in [0.15, 0.2) is 0 Å². The van der Waals surface area contributed by atoms with Crippen LogP contribution in [-0.2, 0) is 6.18 Å². The highest BCUT2D eigenvalue weighted by Crippen LogP contribution is 2.30. The van der Waals surface area contributed by atoms with Gasteiger partial charge in [0.1, 0.15) is 0 Å². The maximum Gasteiger partial charge on any atom is 0.416 e. The number of hydrogen-bond acceptors (Lipinski definition) is 3. The molecule has 2 aromatic rings. The Kier molecular flexibility index (Phi) is 2.72. The van der Waals surface area contributed by atoms with Crippen molar-refractivity contribution in [3.63, 3.8) is 0 Å². The second-order valence-corrected chi connectivity index (χ2v) is 4.68. The van der Waals surface area contributed by atoms with Crippen LogP contribution < -0.4 is 16.6 Å². The Morgan fingerprint density at radius 2 is 1.90 bits per heavy atom. The minimum atomic E-state index is -4.53. The van der Waals surface area contributed by atoms with E-state index in [9.17, 15) is 22.8 Å². The number of aromatic amines is 1. The van der Waals surface area contributed by atoms with E-state index in [4.69, 9.17) is 0 Å². The first-order valence-electron chi connectivity index (χ1n) is 5.94. The van der Waals surface area contributed by atoms with Crippen molar-refractivity contribution in [1.29, 1.82) is 0 Å². The summed E-state index contributed by atoms with van der Waals surface area (Å²) in [6.07, 6.45) is -4.53. The monoisotopic (exact) mass is 285 g/mol. The lowest BCUT2D eigenvalue weighted by Crippen LogP contribution is -2.51. The molecule has 3 rings (SSSR count). The fourth-order valence-electron chi connectivity index (χ4n) is 2.19. The SMILES string of the molecule is O=c1[nH]c2ccc(C(F)(F)F)cc2c(=O)n1C1CNC1. The van der Waals surface area contributed by atoms with E-state index < -0.39 is 23.0 Å². The zero-order chi connectivity index (χ0) is 14.5. The van der Waals surface area contributed by atoms with Crippen molar-refractivity contribution in [2.24, 2.45) is 0 Å². The van der Waals surface area contributed by atoms with E-state index in [1.807, 2.05) is 0 Å². The minimum Gasteiger partial charge on any atom is -0.312 e. The smallest absolute Gasteiger partial charge is 0.312 e. The van der Waals surface area contributed by atoms with Crippen molar-refractivity contribution >= 4 is 10.9 Å². The molecule has 2 N–H and O–H groups in total. The van der Waals surface area contributed by atoms with Crippen LogP contribution in [0.5, 0.6) is 0 Å². The average Bonchev–Trinajstić information content (AvgIpc) is 2.30. The van der Waals surface area contributed by atoms with Crippen molar-refractivity contribution in [1.82, 2.24) is 14.9 Å². The van der Waals surface area contributed by atoms with E-state index in [1.165, 1.54) is 0 Å². The molecule has 0 saturated carbocycles. The summed E-state index contributed by atoms with van der Waals surface area (Å²) < 4.78 is 39.0. The van der Waals surface area contributed by atoms with E-state index in [-0.39, 0.29) is 16.9 Å². The molecule has 1 aliphatic rings. The number of nitrogens with zero attached hydrogens (tertiary/aromatic N) is 1. The predicted octanol–water partition coefficient (Wildman–Crippen LogP) is 0.853. The second-order valence-electron chi connectivity index (χ2n) is 4.68. The zero-order valence-electron chi connectivity index (χ0n) is 10.1. The summed E-state index contributed by atoms with van der Waals surface area (Å²) in [5.74, 6) is 0. The van der Waals surface area contributed by atoms with Gasteiger partial charge in [0.05, 0.1) is 22.5 Å². The van der Waals surface area contributed by atoms with Crippen LogP contribution in [0.2, 0.25) is 0 Å². The van der Waals surface area contributed by atoms with Crippen LogP contribution in [0.4, 0.5) is 13.2 Å². The average molecular weight is 285 g/mol. The normalized spacial score (nSPS) is 16.4. The molecule has 0 aliphatic carbocycles. The molecule has 106 valence electrons. The van der Waals surface area contributed by atoms with Gasteiger partial charge in [-0.25, -0.2) is 4.79 Å². The molecule has 1 aromatic heterocycles. The molecule has 1 aromatic carbocycles. The lowest BCUT2D eigenvalue weighted by atomic mass is 10.1. The number of nitrogens with one attached hydrogen (secondary N) is 2. The number of alkyl halides is 3. The van der Waals surface area contributed by atoms with E-state index in [0.29, 0.717) is 13.1 Å². The highest BCUT2D eigenvalue weighted by Gasteiger charge is 2.31. The standard InChI is InChI=1S/C12H10F3N3O2/c13-12(14,15)6-1-2-9-8(3-6)10(19)18(11(20)17-9)7-4-16-5-7/h1-3,7,16H,4-5H2,(H,17,20). The minimum absolute atomic E-state index is 0.108. The first-order chi connectivity index (χ1) is 9.38. The van der Waals surface area contributed by atoms with Crippen molar-refractivity contribution in [2.45, 2.75) is 12.2 Å². The molecule has 0 bridgehead atoms. The molecule has 2 heterocycles. The first-order valence-corrected chi connectivity index (χ1v) is 5.94. The Labute approximate surface area is 110 Å². The zero-order valence-corrected chi connectivity index (χ0v) is 10.1. The van der Waals surface area contributed by atoms with E-state index in [1.54, 1.807) is 0 Å². The van der Waals surface area contributed by atoms with Gasteiger partial charge in [-0.2, -0.15) is 13.2 Å². The Bertz CT molecular complexity index is 787. The van der Waals surface area contributed by atoms with Crippen LogP contribution in [0, 0.1) is 0 Å². The van der Waals surface area contributed by atoms with Gasteiger partial charge in [-0.1, -0.05) is 0 Å². The van der Waals surface area contributed by atoms with Gasteiger partial charge in [0, 0.05) is 13.1 Å². The summed E-state index contributed by atoms with van der Waals surface area (Å²) in [6, 6.07) is 2.40. The van der Waals surface area contributed by atoms with Crippen LogP contribution >= 0.6 is 0 Å². The Balaban J connectivity index is 2.28. The van der Waals surface area contributed by atoms with Crippen LogP contribution in [0.15, 0.2) is 27.8 Å². The molecule has 20 heavy (non-hydrogen) atoms. The van der Waals surface area contributed by atoms with E-state index in [2.05, 4.69) is 10.3 Å². The quantitative estimate of drug-likeness (QED) is 0.816. The predicted molar refractivity (Wildman–Crippen MR) is 65.7 cm³/mol. The molecular formula is C12H10F3N3O2. The van der Waals surface area contributed by atoms with Crippen LogP contribution in [0.1, 0.15) is 11.6 Å². The number of halogens is 3. The molecule has 0 unspecified atom stereocenters. The highest BCUT2D eigenvalue weighted by molar-refractivity contribution is 5.78. The van der Waals surface area contributed by atoms with Gasteiger partial charge in [-0.3, -0.25) is 9.36 Å². The number of aromatic nitrogens is 2. The van der Waals surface area contributed by atoms with Crippen molar-refractivity contribution in [3.8, 4) is 0 Å². The lowest BCUT2D eigenvalue weighted by Gasteiger charge is -2.28. The van der Waals surface area contributed by atoms with Crippen LogP contribution in [0.25, 0.3) is 10.9 Å². The molecule has 0 atom stereocenters. The van der Waals surface area contributed by atoms with Gasteiger partial charge in [-0.15, -0.1) is 0 Å². The number of benzene rings is 1. The Morgan fingerprint density at radius 3 is 2.45 bits per heavy atom. The van der Waals surface area contributed by atoms with Crippen molar-refractivity contribution in [3.05, 3.63) is 44.6 Å². The maximum absolute atomic E-state index is 12.7. The summed E-state index contributed by atoms with van der Waals surface area (Å²) >= 11 is 0. The molecule has 1 aliphatic heterocycles. The molecule has 5 nitrogen and oxygen atoms in total. The molecular weight excluding hydrogens is 275 g/mol. The number of fused-ring (bicyclic) bond motifs is 1. The Hall–Kier alpha value is -2.09. The largest absolute Gasteiger partial charge is 0.416 e. The number of H-pyrrole nitrogens is 1. The van der Waals surface area contributed by atoms with Gasteiger partial charge < -0.3 is 10.3 Å². The van der Waals surface area contributed by atoms with E-state index in [0.717, 1.165) is 22.8 Å². The molecule has 0 spiro atoms. The third-order valence-electron chi connectivity index (χ3n) is 3.38. The first kappa shape index (κ1) is 12.9. The maximum atomic E-state index is 12.7. The topological polar surface area (TPSA) is 66.9 Å². The summed E-state index contributed by atoms with van der Waals surface area (Å²) in [5, 5.41) is 2.77. The molecule has 0 amide bonds. The molecule has 8 heteroatoms. The summed E-state index contributed by atoms with van der Waals surface area (Å²) in [7, 11) is 0. The second kappa shape index (κ2) is 4.20. The highest BCUT2D eigenvalue weighted by atomic mass is 19.4. The van der Waals surface area contributed by atoms with Gasteiger partial charge in [0.2, 0.25) is 0 Å². The van der Waals surface area contributed by atoms with Crippen molar-refractivity contribution < 1.29 is 13.2 Å². The molecule has 0 radical (unpaired) electrons. The summed E-state index contributed by atoms with van der Waals surface area (Å²) in [5.41, 5.74) is -2.10. The van der Waals surface area contributed by atoms with Crippen LogP contribution in [-0.4, -0.2) is 22.6 Å². The summed E-state index contributed by atoms with van der Waals surface area (Å²) in [6.45, 7) is 0.904. The number of hydrogen-bond donors (Lipinski definition) is 2. The fourth-order valence-corrected chi connectivity index (χ4v) is 2.19. The Morgan fingerprint density at radius 1 is 1.20 bits per heavy atom. The van der Waals surface area contributed by atoms with E-state index >= 15 is 0 Å². The van der Waals surface area contributed by atoms with Crippen LogP contribution in [0.3, 0.4) is 0 Å². The third-order valence-corrected chi connectivity index (χ3v) is 3.38. The van der Waals surface area contributed by atoms with Gasteiger partial charge in [0.25, 0.3) is 5.56 Å². The lowest BCUT2D eigenvalue weighted by molar-refractivity contribution is -0.137. The summed E-state index contributed by atoms with van der Waals surface area (Å²) in [4.78, 5) is 26.5. The van der Waals surface area contributed by atoms with Crippen molar-refractivity contribution in [2.75, 3.05) is 13.1 Å². The number of rotatable bonds is 1. The molecule has 1 saturated heterocycles. The van der Waals surface area contributed by atoms with Gasteiger partial charge in [-0.05, 0) is 18.2 Å². The third kappa shape index (κ3) is 1.92.